The van der Waals surface area contributed by atoms with Gasteiger partial charge in [-0.05, 0) is 31.2 Å². The predicted octanol–water partition coefficient (Wildman–Crippen LogP) is 3.93. The van der Waals surface area contributed by atoms with Crippen LogP contribution in [0.1, 0.15) is 18.2 Å². The third-order valence-electron chi connectivity index (χ3n) is 4.65. The fraction of sp³-hybridized carbons (Fsp3) is 0.143. The number of nitrogens with zero attached hydrogens (tertiary/aromatic N) is 3. The molecule has 0 aliphatic carbocycles. The first-order chi connectivity index (χ1) is 13.2. The standard InChI is InChI=1S/C21H18N4O2/c1-2-25-11-17(14-5-3-4-6-19(14)25)18-9-15(16(10-22)21(23)24-18)20-8-7-13(12-26)27-20/h3-9,11,26H,2,12H2,1H3,(H2,23,24). The van der Waals surface area contributed by atoms with Crippen molar-refractivity contribution < 1.29 is 9.52 Å². The zero-order valence-electron chi connectivity index (χ0n) is 14.8. The lowest BCUT2D eigenvalue weighted by atomic mass is 10.0. The number of anilines is 1. The van der Waals surface area contributed by atoms with E-state index in [-0.39, 0.29) is 18.0 Å². The molecule has 1 aromatic carbocycles. The number of aliphatic hydroxyl groups is 1. The highest BCUT2D eigenvalue weighted by Gasteiger charge is 2.18. The molecule has 0 amide bonds. The average molecular weight is 358 g/mol. The molecule has 0 fully saturated rings. The molecule has 6 nitrogen and oxygen atoms in total. The molecule has 0 saturated carbocycles. The highest BCUT2D eigenvalue weighted by Crippen LogP contribution is 2.35. The Hall–Kier alpha value is -3.56. The number of furan rings is 1. The quantitative estimate of drug-likeness (QED) is 0.575. The molecule has 0 aliphatic rings. The normalized spacial score (nSPS) is 11.0. The molecular formula is C21H18N4O2. The lowest BCUT2D eigenvalue weighted by Crippen LogP contribution is -1.99. The van der Waals surface area contributed by atoms with Gasteiger partial charge in [0.2, 0.25) is 0 Å². The van der Waals surface area contributed by atoms with Crippen molar-refractivity contribution in [2.24, 2.45) is 0 Å². The number of para-hydroxylation sites is 1. The summed E-state index contributed by atoms with van der Waals surface area (Å²) in [5, 5.41) is 19.9. The fourth-order valence-electron chi connectivity index (χ4n) is 3.33. The second kappa shape index (κ2) is 6.63. The van der Waals surface area contributed by atoms with E-state index in [1.165, 1.54) is 0 Å². The Morgan fingerprint density at radius 3 is 2.74 bits per heavy atom. The average Bonchev–Trinajstić information content (AvgIpc) is 3.32. The Balaban J connectivity index is 1.97. The van der Waals surface area contributed by atoms with E-state index in [2.05, 4.69) is 28.6 Å². The Labute approximate surface area is 156 Å². The Bertz CT molecular complexity index is 1180. The molecule has 0 aliphatic heterocycles. The molecule has 0 unspecified atom stereocenters. The maximum atomic E-state index is 9.53. The number of pyridine rings is 1. The molecule has 134 valence electrons. The van der Waals surface area contributed by atoms with Gasteiger partial charge in [0.05, 0.1) is 5.69 Å². The minimum atomic E-state index is -0.209. The molecule has 0 atom stereocenters. The van der Waals surface area contributed by atoms with Crippen LogP contribution in [0.5, 0.6) is 0 Å². The molecule has 0 saturated heterocycles. The number of rotatable bonds is 4. The summed E-state index contributed by atoms with van der Waals surface area (Å²) in [5.41, 5.74) is 9.65. The number of nitrogen functional groups attached to an aromatic ring is 1. The lowest BCUT2D eigenvalue weighted by Gasteiger charge is -2.08. The number of benzene rings is 1. The van der Waals surface area contributed by atoms with Crippen LogP contribution >= 0.6 is 0 Å². The summed E-state index contributed by atoms with van der Waals surface area (Å²) in [7, 11) is 0. The molecule has 4 aromatic rings. The van der Waals surface area contributed by atoms with Crippen LogP contribution in [0.2, 0.25) is 0 Å². The molecule has 3 heterocycles. The third kappa shape index (κ3) is 2.75. The minimum Gasteiger partial charge on any atom is -0.459 e. The smallest absolute Gasteiger partial charge is 0.142 e. The van der Waals surface area contributed by atoms with Gasteiger partial charge in [-0.1, -0.05) is 18.2 Å². The van der Waals surface area contributed by atoms with Gasteiger partial charge >= 0.3 is 0 Å². The number of nitrogens with two attached hydrogens (primary N) is 1. The van der Waals surface area contributed by atoms with Gasteiger partial charge in [0.1, 0.15) is 35.6 Å². The highest BCUT2D eigenvalue weighted by atomic mass is 16.4. The van der Waals surface area contributed by atoms with Gasteiger partial charge in [-0.2, -0.15) is 5.26 Å². The van der Waals surface area contributed by atoms with Crippen LogP contribution < -0.4 is 5.73 Å². The maximum absolute atomic E-state index is 9.53. The van der Waals surface area contributed by atoms with E-state index in [1.54, 1.807) is 12.1 Å². The molecule has 3 N–H and O–H groups in total. The Kier molecular flexibility index (Phi) is 4.15. The van der Waals surface area contributed by atoms with E-state index < -0.39 is 0 Å². The summed E-state index contributed by atoms with van der Waals surface area (Å²) in [6, 6.07) is 15.4. The van der Waals surface area contributed by atoms with Crippen molar-refractivity contribution in [3.63, 3.8) is 0 Å². The predicted molar refractivity (Wildman–Crippen MR) is 104 cm³/mol. The van der Waals surface area contributed by atoms with E-state index in [1.807, 2.05) is 30.5 Å². The Morgan fingerprint density at radius 1 is 1.22 bits per heavy atom. The summed E-state index contributed by atoms with van der Waals surface area (Å²) >= 11 is 0. The van der Waals surface area contributed by atoms with E-state index in [0.717, 1.165) is 23.0 Å². The zero-order chi connectivity index (χ0) is 19.0. The van der Waals surface area contributed by atoms with Gasteiger partial charge in [-0.15, -0.1) is 0 Å². The van der Waals surface area contributed by atoms with Gasteiger partial charge in [0.25, 0.3) is 0 Å². The zero-order valence-corrected chi connectivity index (χ0v) is 14.8. The van der Waals surface area contributed by atoms with Crippen molar-refractivity contribution in [2.45, 2.75) is 20.1 Å². The van der Waals surface area contributed by atoms with Crippen LogP contribution in [-0.2, 0) is 13.2 Å². The maximum Gasteiger partial charge on any atom is 0.142 e. The number of aliphatic hydroxyl groups excluding tert-OH is 1. The monoisotopic (exact) mass is 358 g/mol. The Morgan fingerprint density at radius 2 is 2.04 bits per heavy atom. The summed E-state index contributed by atoms with van der Waals surface area (Å²) in [6.45, 7) is 2.71. The molecule has 3 aromatic heterocycles. The van der Waals surface area contributed by atoms with Gasteiger partial charge in [-0.25, -0.2) is 4.98 Å². The molecule has 27 heavy (non-hydrogen) atoms. The van der Waals surface area contributed by atoms with Gasteiger partial charge < -0.3 is 19.8 Å². The van der Waals surface area contributed by atoms with Crippen LogP contribution in [0.15, 0.2) is 53.1 Å². The van der Waals surface area contributed by atoms with E-state index in [9.17, 15) is 10.4 Å². The first-order valence-electron chi connectivity index (χ1n) is 8.65. The van der Waals surface area contributed by atoms with Crippen LogP contribution in [0.4, 0.5) is 5.82 Å². The SMILES string of the molecule is CCn1cc(-c2cc(-c3ccc(CO)o3)c(C#N)c(N)n2)c2ccccc21. The van der Waals surface area contributed by atoms with Gasteiger partial charge in [-0.3, -0.25) is 0 Å². The van der Waals surface area contributed by atoms with E-state index >= 15 is 0 Å². The van der Waals surface area contributed by atoms with Crippen LogP contribution in [0, 0.1) is 11.3 Å². The number of hydrogen-bond donors (Lipinski definition) is 2. The van der Waals surface area contributed by atoms with Crippen molar-refractivity contribution in [1.82, 2.24) is 9.55 Å². The second-order valence-corrected chi connectivity index (χ2v) is 6.20. The molecular weight excluding hydrogens is 340 g/mol. The number of fused-ring (bicyclic) bond motifs is 1. The number of nitriles is 1. The van der Waals surface area contributed by atoms with Crippen LogP contribution in [0.25, 0.3) is 33.5 Å². The van der Waals surface area contributed by atoms with E-state index in [0.29, 0.717) is 22.8 Å². The minimum absolute atomic E-state index is 0.153. The number of hydrogen-bond acceptors (Lipinski definition) is 5. The molecule has 4 rings (SSSR count). The fourth-order valence-corrected chi connectivity index (χ4v) is 3.33. The molecule has 0 bridgehead atoms. The largest absolute Gasteiger partial charge is 0.459 e. The lowest BCUT2D eigenvalue weighted by molar-refractivity contribution is 0.248. The summed E-state index contributed by atoms with van der Waals surface area (Å²) in [4.78, 5) is 4.48. The summed E-state index contributed by atoms with van der Waals surface area (Å²) < 4.78 is 7.78. The van der Waals surface area contributed by atoms with Crippen molar-refractivity contribution >= 4 is 16.7 Å². The topological polar surface area (TPSA) is 101 Å². The first-order valence-corrected chi connectivity index (χ1v) is 8.65. The van der Waals surface area contributed by atoms with Gasteiger partial charge in [0, 0.05) is 34.8 Å². The number of aromatic nitrogens is 2. The van der Waals surface area contributed by atoms with Crippen LogP contribution in [0.3, 0.4) is 0 Å². The third-order valence-corrected chi connectivity index (χ3v) is 4.65. The molecule has 6 heteroatoms. The first kappa shape index (κ1) is 16.9. The molecule has 0 radical (unpaired) electrons. The summed E-state index contributed by atoms with van der Waals surface area (Å²) in [6.07, 6.45) is 2.05. The van der Waals surface area contributed by atoms with Crippen molar-refractivity contribution in [3.05, 3.63) is 60.0 Å². The highest BCUT2D eigenvalue weighted by molar-refractivity contribution is 5.96. The molecule has 0 spiro atoms. The van der Waals surface area contributed by atoms with Gasteiger partial charge in [0.15, 0.2) is 0 Å². The van der Waals surface area contributed by atoms with E-state index in [4.69, 9.17) is 10.2 Å². The summed E-state index contributed by atoms with van der Waals surface area (Å²) in [5.74, 6) is 1.05. The number of aryl methyl sites for hydroxylation is 1. The second-order valence-electron chi connectivity index (χ2n) is 6.20. The van der Waals surface area contributed by atoms with Crippen molar-refractivity contribution in [2.75, 3.05) is 5.73 Å². The van der Waals surface area contributed by atoms with Crippen molar-refractivity contribution in [1.29, 1.82) is 5.26 Å². The van der Waals surface area contributed by atoms with Crippen LogP contribution in [-0.4, -0.2) is 14.7 Å². The van der Waals surface area contributed by atoms with Crippen molar-refractivity contribution in [3.8, 4) is 28.7 Å².